The van der Waals surface area contributed by atoms with Crippen LogP contribution in [0.15, 0.2) is 47.3 Å². The first-order valence-electron chi connectivity index (χ1n) is 14.2. The van der Waals surface area contributed by atoms with Crippen LogP contribution < -0.4 is 10.6 Å². The number of amides is 1. The van der Waals surface area contributed by atoms with Crippen LogP contribution >= 0.6 is 0 Å². The molecule has 3 aliphatic rings. The van der Waals surface area contributed by atoms with Crippen LogP contribution in [-0.2, 0) is 16.0 Å². The van der Waals surface area contributed by atoms with Gasteiger partial charge in [-0.2, -0.15) is 0 Å². The van der Waals surface area contributed by atoms with Crippen LogP contribution in [-0.4, -0.2) is 30.9 Å². The predicted molar refractivity (Wildman–Crippen MR) is 164 cm³/mol. The van der Waals surface area contributed by atoms with Crippen LogP contribution in [0.5, 0.6) is 0 Å². The first-order valence-corrected chi connectivity index (χ1v) is 14.2. The molecule has 0 fully saturated rings. The van der Waals surface area contributed by atoms with E-state index in [1.807, 2.05) is 27.7 Å². The van der Waals surface area contributed by atoms with Gasteiger partial charge < -0.3 is 15.7 Å². The van der Waals surface area contributed by atoms with Gasteiger partial charge in [-0.3, -0.25) is 9.59 Å². The standard InChI is InChI=1S/C35H44N2O3/c1-12-19(3)14-15-23-16-26(37(10)11)24-17-33(7)18-34(8)25(13-2)30(38)28(32(36)40)31(39)35(34,9)22(6)29(33)21(5)27(24)20(23)4/h16,25,39H,3,5,12-13,17-18H2,1-2,4,6-11H3,(H2,36,40)/t25?,33-,34-,35+/m0/s1. The maximum atomic E-state index is 13.6. The zero-order valence-electron chi connectivity index (χ0n) is 25.7. The lowest BCUT2D eigenvalue weighted by Gasteiger charge is -2.62. The van der Waals surface area contributed by atoms with Gasteiger partial charge in [0.1, 0.15) is 11.3 Å². The van der Waals surface area contributed by atoms with Crippen molar-refractivity contribution >= 4 is 23.0 Å². The highest BCUT2D eigenvalue weighted by Gasteiger charge is 2.65. The summed E-state index contributed by atoms with van der Waals surface area (Å²) in [5.41, 5.74) is 12.8. The second kappa shape index (κ2) is 9.54. The molecule has 1 amide bonds. The number of allylic oxidation sites excluding steroid dienone is 4. The number of ketones is 1. The molecular formula is C35H44N2O3. The Hall–Kier alpha value is -3.52. The maximum Gasteiger partial charge on any atom is 0.255 e. The molecule has 1 unspecified atom stereocenters. The summed E-state index contributed by atoms with van der Waals surface area (Å²) in [6.45, 7) is 23.2. The molecule has 212 valence electrons. The van der Waals surface area contributed by atoms with Gasteiger partial charge in [-0.25, -0.2) is 0 Å². The zero-order chi connectivity index (χ0) is 30.1. The van der Waals surface area contributed by atoms with Crippen LogP contribution in [0, 0.1) is 40.9 Å². The van der Waals surface area contributed by atoms with Crippen molar-refractivity contribution in [2.45, 2.75) is 74.1 Å². The van der Waals surface area contributed by atoms with Crippen LogP contribution in [0.1, 0.15) is 83.1 Å². The van der Waals surface area contributed by atoms with Crippen molar-refractivity contribution < 1.29 is 14.7 Å². The number of carbonyl (C=O) groups is 2. The normalized spacial score (nSPS) is 29.3. The molecule has 0 saturated carbocycles. The van der Waals surface area contributed by atoms with Crippen molar-refractivity contribution in [1.82, 2.24) is 0 Å². The Balaban J connectivity index is 2.09. The molecule has 5 heteroatoms. The molecule has 0 spiro atoms. The molecular weight excluding hydrogens is 496 g/mol. The molecule has 0 aliphatic heterocycles. The van der Waals surface area contributed by atoms with Gasteiger partial charge in [0, 0.05) is 31.3 Å². The molecule has 3 aliphatic carbocycles. The number of anilines is 1. The number of fused-ring (bicyclic) bond motifs is 3. The number of Topliss-reactive ketones (excluding diaryl/α,β-unsaturated/α-hetero) is 1. The Morgan fingerprint density at radius 1 is 1.23 bits per heavy atom. The summed E-state index contributed by atoms with van der Waals surface area (Å²) < 4.78 is 0. The molecule has 1 aromatic rings. The summed E-state index contributed by atoms with van der Waals surface area (Å²) >= 11 is 0. The number of aliphatic hydroxyl groups is 1. The Bertz CT molecular complexity index is 1510. The molecule has 0 aromatic heterocycles. The number of nitrogens with zero attached hydrogens (tertiary/aromatic N) is 1. The van der Waals surface area contributed by atoms with E-state index < -0.39 is 22.7 Å². The second-order valence-electron chi connectivity index (χ2n) is 12.9. The molecule has 1 aromatic carbocycles. The van der Waals surface area contributed by atoms with Gasteiger partial charge in [0.15, 0.2) is 5.78 Å². The zero-order valence-corrected chi connectivity index (χ0v) is 25.7. The predicted octanol–water partition coefficient (Wildman–Crippen LogP) is 6.59. The fraction of sp³-hybridized carbons (Fsp3) is 0.486. The minimum atomic E-state index is -0.949. The summed E-state index contributed by atoms with van der Waals surface area (Å²) in [6, 6.07) is 2.17. The van der Waals surface area contributed by atoms with E-state index in [-0.39, 0.29) is 22.5 Å². The van der Waals surface area contributed by atoms with Gasteiger partial charge in [-0.15, -0.1) is 0 Å². The molecule has 4 rings (SSSR count). The second-order valence-corrected chi connectivity index (χ2v) is 12.9. The van der Waals surface area contributed by atoms with Gasteiger partial charge in [-0.1, -0.05) is 58.3 Å². The third-order valence-corrected chi connectivity index (χ3v) is 10.4. The van der Waals surface area contributed by atoms with Gasteiger partial charge in [0.05, 0.1) is 5.41 Å². The van der Waals surface area contributed by atoms with Gasteiger partial charge in [0.2, 0.25) is 0 Å². The summed E-state index contributed by atoms with van der Waals surface area (Å²) in [4.78, 5) is 28.2. The lowest BCUT2D eigenvalue weighted by atomic mass is 9.40. The number of hydrogen-bond acceptors (Lipinski definition) is 4. The monoisotopic (exact) mass is 540 g/mol. The van der Waals surface area contributed by atoms with Crippen LogP contribution in [0.2, 0.25) is 0 Å². The number of aliphatic hydroxyl groups excluding tert-OH is 1. The number of primary amides is 1. The van der Waals surface area contributed by atoms with E-state index >= 15 is 0 Å². The van der Waals surface area contributed by atoms with E-state index in [0.717, 1.165) is 57.5 Å². The summed E-state index contributed by atoms with van der Waals surface area (Å²) in [5.74, 6) is 4.71. The number of hydrogen-bond donors (Lipinski definition) is 2. The molecule has 3 N–H and O–H groups in total. The minimum Gasteiger partial charge on any atom is -0.510 e. The molecule has 0 heterocycles. The highest BCUT2D eigenvalue weighted by atomic mass is 16.3. The number of nitrogens with two attached hydrogens (primary N) is 1. The Kier molecular flexibility index (Phi) is 7.03. The van der Waals surface area contributed by atoms with Crippen molar-refractivity contribution in [3.05, 3.63) is 69.5 Å². The summed E-state index contributed by atoms with van der Waals surface area (Å²) in [6.07, 6.45) is 2.78. The van der Waals surface area contributed by atoms with E-state index in [1.165, 1.54) is 5.56 Å². The molecule has 0 bridgehead atoms. The first-order chi connectivity index (χ1) is 18.5. The summed E-state index contributed by atoms with van der Waals surface area (Å²) in [7, 11) is 4.10. The number of rotatable bonds is 4. The molecule has 0 radical (unpaired) electrons. The highest BCUT2D eigenvalue weighted by molar-refractivity contribution is 6.21. The summed E-state index contributed by atoms with van der Waals surface area (Å²) in [5, 5.41) is 11.7. The Morgan fingerprint density at radius 3 is 2.38 bits per heavy atom. The highest BCUT2D eigenvalue weighted by Crippen LogP contribution is 2.70. The van der Waals surface area contributed by atoms with E-state index in [1.54, 1.807) is 0 Å². The molecule has 0 saturated heterocycles. The van der Waals surface area contributed by atoms with Gasteiger partial charge in [-0.05, 0) is 96.8 Å². The van der Waals surface area contributed by atoms with E-state index in [0.29, 0.717) is 12.8 Å². The average Bonchev–Trinajstić information content (AvgIpc) is 2.85. The van der Waals surface area contributed by atoms with E-state index in [9.17, 15) is 14.7 Å². The lowest BCUT2D eigenvalue weighted by Crippen LogP contribution is -2.59. The third kappa shape index (κ3) is 3.75. The van der Waals surface area contributed by atoms with Crippen LogP contribution in [0.25, 0.3) is 5.57 Å². The largest absolute Gasteiger partial charge is 0.510 e. The van der Waals surface area contributed by atoms with Crippen LogP contribution in [0.3, 0.4) is 0 Å². The fourth-order valence-electron chi connectivity index (χ4n) is 8.27. The third-order valence-electron chi connectivity index (χ3n) is 10.4. The van der Waals surface area contributed by atoms with Gasteiger partial charge >= 0.3 is 0 Å². The van der Waals surface area contributed by atoms with Crippen molar-refractivity contribution in [1.29, 1.82) is 0 Å². The Morgan fingerprint density at radius 2 is 1.85 bits per heavy atom. The topological polar surface area (TPSA) is 83.6 Å². The van der Waals surface area contributed by atoms with Crippen molar-refractivity contribution in [2.24, 2.45) is 27.9 Å². The van der Waals surface area contributed by atoms with E-state index in [4.69, 9.17) is 5.73 Å². The van der Waals surface area contributed by atoms with E-state index in [2.05, 4.69) is 70.8 Å². The maximum absolute atomic E-state index is 13.6. The van der Waals surface area contributed by atoms with Crippen molar-refractivity contribution in [3.8, 4) is 11.8 Å². The van der Waals surface area contributed by atoms with Crippen LogP contribution in [0.4, 0.5) is 5.69 Å². The lowest BCUT2D eigenvalue weighted by molar-refractivity contribution is -0.135. The SMILES string of the molecule is C=C(C#Cc1cc(N(C)C)c2c(c1C)C(=C)C1=C(C)[C@]3(C)C(O)=C(C(N)=O)C(=O)C(CC)[C@]3(C)C[C@]1(C)C2)CC. The quantitative estimate of drug-likeness (QED) is 0.333. The first kappa shape index (κ1) is 29.5. The number of benzene rings is 1. The average molecular weight is 541 g/mol. The molecule has 40 heavy (non-hydrogen) atoms. The van der Waals surface area contributed by atoms with Gasteiger partial charge in [0.25, 0.3) is 5.91 Å². The minimum absolute atomic E-state index is 0.203. The fourth-order valence-corrected chi connectivity index (χ4v) is 8.27. The van der Waals surface area contributed by atoms with Crippen molar-refractivity contribution in [2.75, 3.05) is 19.0 Å². The van der Waals surface area contributed by atoms with Crippen molar-refractivity contribution in [3.63, 3.8) is 0 Å². The smallest absolute Gasteiger partial charge is 0.255 e. The Labute approximate surface area is 239 Å². The number of carbonyl (C=O) groups excluding carboxylic acids is 2. The molecule has 5 nitrogen and oxygen atoms in total. The molecule has 4 atom stereocenters.